The van der Waals surface area contributed by atoms with E-state index in [4.69, 9.17) is 0 Å². The van der Waals surface area contributed by atoms with Gasteiger partial charge in [-0.05, 0) is 37.3 Å². The first-order valence-corrected chi connectivity index (χ1v) is 9.23. The van der Waals surface area contributed by atoms with E-state index in [0.29, 0.717) is 11.8 Å². The number of nitrogens with one attached hydrogen (secondary N) is 1. The van der Waals surface area contributed by atoms with Crippen molar-refractivity contribution in [1.29, 1.82) is 0 Å². The van der Waals surface area contributed by atoms with E-state index in [-0.39, 0.29) is 5.75 Å². The first kappa shape index (κ1) is 15.7. The maximum absolute atomic E-state index is 11.4. The number of sulfone groups is 1. The Morgan fingerprint density at radius 1 is 1.39 bits per heavy atom. The molecule has 1 N–H and O–H groups in total. The highest BCUT2D eigenvalue weighted by Gasteiger charge is 2.12. The molecule has 5 heteroatoms. The molecule has 0 amide bonds. The SMILES string of the molecule is CCNC(CCCS(=O)(=O)CC)Cc1cccs1. The van der Waals surface area contributed by atoms with Crippen LogP contribution in [0.5, 0.6) is 0 Å². The van der Waals surface area contributed by atoms with Crippen LogP contribution in [0, 0.1) is 0 Å². The van der Waals surface area contributed by atoms with Crippen LogP contribution in [0.4, 0.5) is 0 Å². The number of likely N-dealkylation sites (N-methyl/N-ethyl adjacent to an activating group) is 1. The molecule has 1 atom stereocenters. The molecule has 0 saturated heterocycles. The van der Waals surface area contributed by atoms with Crippen molar-refractivity contribution in [3.05, 3.63) is 22.4 Å². The van der Waals surface area contributed by atoms with Gasteiger partial charge in [0, 0.05) is 16.7 Å². The monoisotopic (exact) mass is 289 g/mol. The van der Waals surface area contributed by atoms with Gasteiger partial charge in [0.2, 0.25) is 0 Å². The number of hydrogen-bond donors (Lipinski definition) is 1. The number of thiophene rings is 1. The third-order valence-electron chi connectivity index (χ3n) is 2.97. The summed E-state index contributed by atoms with van der Waals surface area (Å²) in [7, 11) is -2.82. The van der Waals surface area contributed by atoms with Gasteiger partial charge in [0.05, 0.1) is 5.75 Å². The van der Waals surface area contributed by atoms with E-state index in [2.05, 4.69) is 29.8 Å². The van der Waals surface area contributed by atoms with Crippen LogP contribution in [-0.4, -0.2) is 32.5 Å². The second-order valence-corrected chi connectivity index (χ2v) is 7.92. The molecule has 0 fully saturated rings. The van der Waals surface area contributed by atoms with E-state index in [9.17, 15) is 8.42 Å². The second kappa shape index (κ2) is 7.92. The number of hydrogen-bond acceptors (Lipinski definition) is 4. The maximum Gasteiger partial charge on any atom is 0.150 e. The zero-order valence-corrected chi connectivity index (χ0v) is 12.8. The summed E-state index contributed by atoms with van der Waals surface area (Å²) in [4.78, 5) is 1.36. The molecule has 1 heterocycles. The molecule has 0 saturated carbocycles. The van der Waals surface area contributed by atoms with Gasteiger partial charge in [-0.15, -0.1) is 11.3 Å². The molecule has 0 aliphatic rings. The average Bonchev–Trinajstić information content (AvgIpc) is 2.82. The second-order valence-electron chi connectivity index (χ2n) is 4.42. The highest BCUT2D eigenvalue weighted by Crippen LogP contribution is 2.14. The van der Waals surface area contributed by atoms with E-state index in [0.717, 1.165) is 25.8 Å². The summed E-state index contributed by atoms with van der Waals surface area (Å²) in [5.74, 6) is 0.569. The van der Waals surface area contributed by atoms with Crippen molar-refractivity contribution in [1.82, 2.24) is 5.32 Å². The van der Waals surface area contributed by atoms with Gasteiger partial charge in [0.15, 0.2) is 0 Å². The van der Waals surface area contributed by atoms with Gasteiger partial charge < -0.3 is 5.32 Å². The Kier molecular flexibility index (Phi) is 6.89. The lowest BCUT2D eigenvalue weighted by Gasteiger charge is -2.16. The Labute approximate surface area is 115 Å². The smallest absolute Gasteiger partial charge is 0.150 e. The lowest BCUT2D eigenvalue weighted by atomic mass is 10.1. The highest BCUT2D eigenvalue weighted by atomic mass is 32.2. The van der Waals surface area contributed by atoms with Crippen LogP contribution in [0.1, 0.15) is 31.6 Å². The van der Waals surface area contributed by atoms with Crippen molar-refractivity contribution in [2.75, 3.05) is 18.1 Å². The summed E-state index contributed by atoms with van der Waals surface area (Å²) in [5.41, 5.74) is 0. The van der Waals surface area contributed by atoms with Gasteiger partial charge in [0.25, 0.3) is 0 Å². The third-order valence-corrected chi connectivity index (χ3v) is 5.66. The lowest BCUT2D eigenvalue weighted by molar-refractivity contribution is 0.487. The molecule has 0 spiro atoms. The van der Waals surface area contributed by atoms with Gasteiger partial charge in [-0.1, -0.05) is 19.9 Å². The van der Waals surface area contributed by atoms with Crippen LogP contribution in [0.3, 0.4) is 0 Å². The molecule has 1 aromatic rings. The van der Waals surface area contributed by atoms with Crippen molar-refractivity contribution in [3.8, 4) is 0 Å². The minimum absolute atomic E-state index is 0.254. The first-order chi connectivity index (χ1) is 8.57. The van der Waals surface area contributed by atoms with Crippen molar-refractivity contribution < 1.29 is 8.42 Å². The van der Waals surface area contributed by atoms with Crippen LogP contribution in [0.25, 0.3) is 0 Å². The summed E-state index contributed by atoms with van der Waals surface area (Å²) in [6.45, 7) is 4.73. The molecule has 3 nitrogen and oxygen atoms in total. The van der Waals surface area contributed by atoms with E-state index < -0.39 is 9.84 Å². The van der Waals surface area contributed by atoms with Crippen LogP contribution in [-0.2, 0) is 16.3 Å². The topological polar surface area (TPSA) is 46.2 Å². The van der Waals surface area contributed by atoms with Crippen LogP contribution >= 0.6 is 11.3 Å². The Morgan fingerprint density at radius 2 is 2.17 bits per heavy atom. The Bertz CT molecular complexity index is 412. The quantitative estimate of drug-likeness (QED) is 0.759. The fourth-order valence-electron chi connectivity index (χ4n) is 1.93. The molecule has 0 aliphatic carbocycles. The molecular formula is C13H23NO2S2. The molecule has 0 aromatic carbocycles. The Morgan fingerprint density at radius 3 is 2.72 bits per heavy atom. The predicted octanol–water partition coefficient (Wildman–Crippen LogP) is 2.48. The van der Waals surface area contributed by atoms with Gasteiger partial charge >= 0.3 is 0 Å². The fraction of sp³-hybridized carbons (Fsp3) is 0.692. The van der Waals surface area contributed by atoms with Gasteiger partial charge in [0.1, 0.15) is 9.84 Å². The van der Waals surface area contributed by atoms with Crippen molar-refractivity contribution >= 4 is 21.2 Å². The molecule has 1 unspecified atom stereocenters. The minimum Gasteiger partial charge on any atom is -0.314 e. The largest absolute Gasteiger partial charge is 0.314 e. The standard InChI is InChI=1S/C13H23NO2S2/c1-3-14-12(11-13-8-5-9-17-13)7-6-10-18(15,16)4-2/h5,8-9,12,14H,3-4,6-7,10-11H2,1-2H3. The predicted molar refractivity (Wildman–Crippen MR) is 79.0 cm³/mol. The molecule has 104 valence electrons. The zero-order chi connectivity index (χ0) is 13.4. The first-order valence-electron chi connectivity index (χ1n) is 6.53. The van der Waals surface area contributed by atoms with Crippen LogP contribution in [0.2, 0.25) is 0 Å². The number of rotatable bonds is 9. The van der Waals surface area contributed by atoms with Crippen molar-refractivity contribution in [3.63, 3.8) is 0 Å². The zero-order valence-electron chi connectivity index (χ0n) is 11.2. The molecule has 0 radical (unpaired) electrons. The summed E-state index contributed by atoms with van der Waals surface area (Å²) >= 11 is 1.76. The van der Waals surface area contributed by atoms with Gasteiger partial charge in [-0.2, -0.15) is 0 Å². The third kappa shape index (κ3) is 5.98. The summed E-state index contributed by atoms with van der Waals surface area (Å²) in [6.07, 6.45) is 2.67. The molecule has 0 bridgehead atoms. The average molecular weight is 289 g/mol. The summed E-state index contributed by atoms with van der Waals surface area (Å²) in [6, 6.07) is 4.59. The Hall–Kier alpha value is -0.390. The molecule has 18 heavy (non-hydrogen) atoms. The van der Waals surface area contributed by atoms with E-state index in [1.54, 1.807) is 18.3 Å². The summed E-state index contributed by atoms with van der Waals surface area (Å²) < 4.78 is 22.9. The van der Waals surface area contributed by atoms with E-state index in [1.807, 2.05) is 0 Å². The maximum atomic E-state index is 11.4. The van der Waals surface area contributed by atoms with Gasteiger partial charge in [-0.25, -0.2) is 8.42 Å². The van der Waals surface area contributed by atoms with Crippen LogP contribution < -0.4 is 5.32 Å². The highest BCUT2D eigenvalue weighted by molar-refractivity contribution is 7.91. The summed E-state index contributed by atoms with van der Waals surface area (Å²) in [5, 5.41) is 5.52. The van der Waals surface area contributed by atoms with Gasteiger partial charge in [-0.3, -0.25) is 0 Å². The lowest BCUT2D eigenvalue weighted by Crippen LogP contribution is -2.31. The normalized spacial score (nSPS) is 13.7. The molecule has 1 rings (SSSR count). The van der Waals surface area contributed by atoms with Crippen molar-refractivity contribution in [2.24, 2.45) is 0 Å². The van der Waals surface area contributed by atoms with Crippen LogP contribution in [0.15, 0.2) is 17.5 Å². The van der Waals surface area contributed by atoms with Crippen molar-refractivity contribution in [2.45, 2.75) is 39.2 Å². The Balaban J connectivity index is 2.38. The molecule has 0 aliphatic heterocycles. The fourth-order valence-corrected chi connectivity index (χ4v) is 3.61. The molecule has 1 aromatic heterocycles. The molecular weight excluding hydrogens is 266 g/mol. The van der Waals surface area contributed by atoms with E-state index in [1.165, 1.54) is 4.88 Å². The minimum atomic E-state index is -2.82. The van der Waals surface area contributed by atoms with E-state index >= 15 is 0 Å².